The van der Waals surface area contributed by atoms with E-state index in [1.807, 2.05) is 18.2 Å². The van der Waals surface area contributed by atoms with Gasteiger partial charge in [0.25, 0.3) is 5.91 Å². The number of benzene rings is 2. The van der Waals surface area contributed by atoms with Gasteiger partial charge in [0.05, 0.1) is 24.2 Å². The fraction of sp³-hybridized carbons (Fsp3) is 0.407. The highest BCUT2D eigenvalue weighted by Gasteiger charge is 2.61. The number of rotatable bonds is 9. The number of carbonyl (C=O) groups is 3. The average molecular weight is 476 g/mol. The summed E-state index contributed by atoms with van der Waals surface area (Å²) in [5, 5.41) is 24.7. The molecule has 4 rings (SSSR count). The number of hydrogen-bond acceptors (Lipinski definition) is 5. The van der Waals surface area contributed by atoms with Crippen LogP contribution in [0.4, 0.5) is 5.69 Å². The van der Waals surface area contributed by atoms with Gasteiger partial charge in [-0.2, -0.15) is 5.26 Å². The van der Waals surface area contributed by atoms with Crippen LogP contribution < -0.4 is 10.6 Å². The van der Waals surface area contributed by atoms with E-state index in [2.05, 4.69) is 16.7 Å². The van der Waals surface area contributed by atoms with Crippen molar-refractivity contribution in [1.29, 1.82) is 5.26 Å². The third-order valence-electron chi connectivity index (χ3n) is 7.25. The number of nitrogens with zero attached hydrogens (tertiary/aromatic N) is 1. The molecule has 0 radical (unpaired) electrons. The van der Waals surface area contributed by atoms with Crippen molar-refractivity contribution >= 4 is 23.5 Å². The van der Waals surface area contributed by atoms with Crippen LogP contribution in [0.2, 0.25) is 0 Å². The number of anilines is 1. The molecule has 0 heterocycles. The normalized spacial score (nSPS) is 20.5. The van der Waals surface area contributed by atoms with Crippen LogP contribution in [0.3, 0.4) is 0 Å². The van der Waals surface area contributed by atoms with E-state index in [9.17, 15) is 24.8 Å². The van der Waals surface area contributed by atoms with Crippen molar-refractivity contribution in [2.45, 2.75) is 43.9 Å². The number of nitriles is 1. The third kappa shape index (κ3) is 4.64. The zero-order valence-corrected chi connectivity index (χ0v) is 19.9. The minimum Gasteiger partial charge on any atom is -0.481 e. The molecular formula is C27H29N3O5. The molecule has 0 aromatic heterocycles. The number of ether oxygens (including phenoxy) is 1. The molecule has 0 aliphatic heterocycles. The first kappa shape index (κ1) is 24.4. The molecule has 8 heteroatoms. The molecule has 0 bridgehead atoms. The first-order valence-corrected chi connectivity index (χ1v) is 11.8. The summed E-state index contributed by atoms with van der Waals surface area (Å²) < 4.78 is 4.98. The number of fused-ring (bicyclic) bond motifs is 2. The van der Waals surface area contributed by atoms with Crippen molar-refractivity contribution in [3.8, 4) is 6.07 Å². The van der Waals surface area contributed by atoms with Crippen molar-refractivity contribution in [2.24, 2.45) is 5.92 Å². The van der Waals surface area contributed by atoms with Crippen LogP contribution in [-0.4, -0.2) is 43.2 Å². The molecule has 3 atom stereocenters. The zero-order chi connectivity index (χ0) is 25.2. The Labute approximate surface area is 204 Å². The number of nitrogens with one attached hydrogen (secondary N) is 2. The summed E-state index contributed by atoms with van der Waals surface area (Å²) in [6.07, 6.45) is 2.70. The quantitative estimate of drug-likeness (QED) is 0.477. The first-order valence-electron chi connectivity index (χ1n) is 11.8. The van der Waals surface area contributed by atoms with Gasteiger partial charge in [-0.15, -0.1) is 0 Å². The summed E-state index contributed by atoms with van der Waals surface area (Å²) in [6.45, 7) is 2.62. The van der Waals surface area contributed by atoms with Gasteiger partial charge >= 0.3 is 5.97 Å². The Bertz CT molecular complexity index is 1220. The van der Waals surface area contributed by atoms with E-state index < -0.39 is 11.9 Å². The number of methoxy groups -OCH3 is 1. The summed E-state index contributed by atoms with van der Waals surface area (Å²) in [7, 11) is 1.58. The second kappa shape index (κ2) is 9.88. The minimum atomic E-state index is -0.975. The largest absolute Gasteiger partial charge is 0.481 e. The van der Waals surface area contributed by atoms with Crippen LogP contribution in [-0.2, 0) is 26.2 Å². The lowest BCUT2D eigenvalue weighted by molar-refractivity contribution is -0.138. The van der Waals surface area contributed by atoms with Crippen molar-refractivity contribution in [1.82, 2.24) is 5.32 Å². The van der Waals surface area contributed by atoms with Crippen molar-refractivity contribution in [3.05, 3.63) is 64.2 Å². The van der Waals surface area contributed by atoms with Gasteiger partial charge in [-0.25, -0.2) is 0 Å². The zero-order valence-electron chi connectivity index (χ0n) is 19.9. The molecule has 1 spiro atoms. The van der Waals surface area contributed by atoms with Crippen molar-refractivity contribution in [2.75, 3.05) is 25.6 Å². The number of hydrogen-bond donors (Lipinski definition) is 3. The van der Waals surface area contributed by atoms with E-state index in [0.29, 0.717) is 48.4 Å². The number of aryl methyl sites for hydroxylation is 1. The number of carboxylic acid groups (broad SMARTS) is 1. The highest BCUT2D eigenvalue weighted by atomic mass is 16.5. The molecule has 2 aromatic rings. The minimum absolute atomic E-state index is 0.175. The summed E-state index contributed by atoms with van der Waals surface area (Å²) in [5.74, 6) is -2.40. The summed E-state index contributed by atoms with van der Waals surface area (Å²) in [4.78, 5) is 37.6. The summed E-state index contributed by atoms with van der Waals surface area (Å²) in [6, 6.07) is 12.5. The molecular weight excluding hydrogens is 446 g/mol. The Kier molecular flexibility index (Phi) is 6.90. The monoisotopic (exact) mass is 475 g/mol. The molecule has 2 aromatic carbocycles. The summed E-state index contributed by atoms with van der Waals surface area (Å²) >= 11 is 0. The number of carboxylic acids is 1. The Balaban J connectivity index is 1.55. The Morgan fingerprint density at radius 2 is 2.06 bits per heavy atom. The van der Waals surface area contributed by atoms with Crippen LogP contribution in [0.1, 0.15) is 64.7 Å². The van der Waals surface area contributed by atoms with E-state index in [4.69, 9.17) is 4.74 Å². The average Bonchev–Trinajstić information content (AvgIpc) is 3.48. The van der Waals surface area contributed by atoms with E-state index >= 15 is 0 Å². The Morgan fingerprint density at radius 3 is 2.74 bits per heavy atom. The highest BCUT2D eigenvalue weighted by molar-refractivity contribution is 5.98. The van der Waals surface area contributed by atoms with Gasteiger partial charge in [0.2, 0.25) is 5.91 Å². The fourth-order valence-electron chi connectivity index (χ4n) is 5.27. The molecule has 2 aliphatic carbocycles. The molecule has 0 saturated heterocycles. The predicted octanol–water partition coefficient (Wildman–Crippen LogP) is 3.36. The van der Waals surface area contributed by atoms with Gasteiger partial charge in [-0.05, 0) is 66.6 Å². The smallest absolute Gasteiger partial charge is 0.311 e. The SMILES string of the molecule is CCC(C(=O)O)c1ccc(C#N)cc1NC(=O)[C@@H]1C[C@]12CCc1ccc(C(=O)NCCOC)cc12. The lowest BCUT2D eigenvalue weighted by atomic mass is 9.92. The molecule has 3 N–H and O–H groups in total. The van der Waals surface area contributed by atoms with Gasteiger partial charge in [-0.3, -0.25) is 14.4 Å². The van der Waals surface area contributed by atoms with Gasteiger partial charge < -0.3 is 20.5 Å². The maximum absolute atomic E-state index is 13.3. The third-order valence-corrected chi connectivity index (χ3v) is 7.25. The lowest BCUT2D eigenvalue weighted by Crippen LogP contribution is -2.27. The van der Waals surface area contributed by atoms with Crippen LogP contribution >= 0.6 is 0 Å². The van der Waals surface area contributed by atoms with Gasteiger partial charge in [0.1, 0.15) is 0 Å². The van der Waals surface area contributed by atoms with Crippen molar-refractivity contribution in [3.63, 3.8) is 0 Å². The topological polar surface area (TPSA) is 129 Å². The van der Waals surface area contributed by atoms with E-state index in [0.717, 1.165) is 24.0 Å². The molecule has 182 valence electrons. The predicted molar refractivity (Wildman–Crippen MR) is 129 cm³/mol. The van der Waals surface area contributed by atoms with Crippen LogP contribution in [0.15, 0.2) is 36.4 Å². The molecule has 2 amide bonds. The number of aliphatic carboxylic acids is 1. The highest BCUT2D eigenvalue weighted by Crippen LogP contribution is 2.62. The second-order valence-electron chi connectivity index (χ2n) is 9.24. The van der Waals surface area contributed by atoms with E-state index in [-0.39, 0.29) is 23.1 Å². The van der Waals surface area contributed by atoms with E-state index in [1.54, 1.807) is 32.2 Å². The standard InChI is InChI=1S/C27H29N3O5/c1-3-19(26(33)34)20-7-4-16(15-28)12-23(20)30-25(32)22-14-27(22)9-8-17-5-6-18(13-21(17)27)24(31)29-10-11-35-2/h4-7,12-13,19,22H,3,8-11,14H2,1-2H3,(H,29,31)(H,30,32)(H,33,34)/t19?,22-,27-/m0/s1. The molecule has 2 aliphatic rings. The van der Waals surface area contributed by atoms with Crippen LogP contribution in [0.25, 0.3) is 0 Å². The maximum Gasteiger partial charge on any atom is 0.311 e. The molecule has 8 nitrogen and oxygen atoms in total. The van der Waals surface area contributed by atoms with E-state index in [1.165, 1.54) is 0 Å². The van der Waals surface area contributed by atoms with Gasteiger partial charge in [0, 0.05) is 36.2 Å². The van der Waals surface area contributed by atoms with Crippen molar-refractivity contribution < 1.29 is 24.2 Å². The number of amides is 2. The molecule has 35 heavy (non-hydrogen) atoms. The fourth-order valence-corrected chi connectivity index (χ4v) is 5.27. The van der Waals surface area contributed by atoms with Gasteiger partial charge in [-0.1, -0.05) is 19.1 Å². The molecule has 1 fully saturated rings. The summed E-state index contributed by atoms with van der Waals surface area (Å²) in [5.41, 5.74) is 3.65. The van der Waals surface area contributed by atoms with Crippen LogP contribution in [0.5, 0.6) is 0 Å². The maximum atomic E-state index is 13.3. The number of carbonyl (C=O) groups excluding carboxylic acids is 2. The van der Waals surface area contributed by atoms with Gasteiger partial charge in [0.15, 0.2) is 0 Å². The molecule has 1 unspecified atom stereocenters. The Morgan fingerprint density at radius 1 is 1.26 bits per heavy atom. The first-order chi connectivity index (χ1) is 16.8. The Hall–Kier alpha value is -3.70. The second-order valence-corrected chi connectivity index (χ2v) is 9.24. The molecule has 1 saturated carbocycles. The lowest BCUT2D eigenvalue weighted by Gasteiger charge is -2.18. The van der Waals surface area contributed by atoms with Crippen LogP contribution in [0, 0.1) is 17.2 Å².